The second-order valence-corrected chi connectivity index (χ2v) is 131. The molecule has 4 aromatic rings. The van der Waals surface area contributed by atoms with E-state index in [-0.39, 0.29) is 14.5 Å². The van der Waals surface area contributed by atoms with Crippen molar-refractivity contribution in [1.29, 1.82) is 0 Å². The molecule has 0 aromatic heterocycles. The zero-order valence-corrected chi connectivity index (χ0v) is 54.8. The van der Waals surface area contributed by atoms with Crippen molar-refractivity contribution in [2.75, 3.05) is 0 Å². The third-order valence-corrected chi connectivity index (χ3v) is 129. The molecular formula is C60H82Cl4Si2Zr2. The number of rotatable bonds is 17. The molecule has 0 fully saturated rings. The SMILES string of the molecule is C[SiH2][Zr]([Cl])([Cl])([CH2]CCCC[CH2][Zr]([Cl])([Cl])([SiH2]C)([CH]1C(C)=Cc2c(C(C)C)cccc21)[CH]1C(C)=Cc2c(C(C)C)cccc21)([CH]1C(C)=Cc2c(C(C)C)cccc21)[CH]1C(C)=Cc2c(C(C)C)cccc21. The fourth-order valence-corrected chi connectivity index (χ4v) is 103. The summed E-state index contributed by atoms with van der Waals surface area (Å²) in [5, 5.41) is 0. The molecule has 4 atom stereocenters. The first kappa shape index (κ1) is 53.5. The molecule has 4 aliphatic carbocycles. The summed E-state index contributed by atoms with van der Waals surface area (Å²) in [6.07, 6.45) is 14.1. The predicted octanol–water partition coefficient (Wildman–Crippen LogP) is 19.8. The van der Waals surface area contributed by atoms with Crippen LogP contribution < -0.4 is 0 Å². The van der Waals surface area contributed by atoms with Gasteiger partial charge in [0.1, 0.15) is 0 Å². The standard InChI is InChI=1S/4C13H15.C6H12.2CH5Si.4ClH.2Zr/c4*1-9(2)12-6-4-5-11-7-10(3)8-13(11)12;1-3-5-6-4-2;2*1-2;;;;;;/h4*4-9H,1-3H3;1-6H2;2*2H2,1H3;4*1H;;/q;;;;;;;;;;;2*+2/p-4. The average Bonchev–Trinajstić information content (AvgIpc) is 4.03. The topological polar surface area (TPSA) is 0 Å². The summed E-state index contributed by atoms with van der Waals surface area (Å²) in [5.74, 6) is 1.66. The van der Waals surface area contributed by atoms with Gasteiger partial charge in [-0.25, -0.2) is 0 Å². The van der Waals surface area contributed by atoms with Crippen LogP contribution in [-0.4, -0.2) is 13.3 Å². The summed E-state index contributed by atoms with van der Waals surface area (Å²) in [7, 11) is 37.2. The molecule has 366 valence electrons. The van der Waals surface area contributed by atoms with Gasteiger partial charge in [-0.3, -0.25) is 0 Å². The van der Waals surface area contributed by atoms with Gasteiger partial charge in [0, 0.05) is 0 Å². The van der Waals surface area contributed by atoms with Crippen LogP contribution in [0.3, 0.4) is 0 Å². The van der Waals surface area contributed by atoms with Gasteiger partial charge in [0.15, 0.2) is 0 Å². The van der Waals surface area contributed by atoms with Gasteiger partial charge in [-0.2, -0.15) is 0 Å². The molecule has 0 nitrogen and oxygen atoms in total. The van der Waals surface area contributed by atoms with Gasteiger partial charge in [-0.15, -0.1) is 0 Å². The van der Waals surface area contributed by atoms with Crippen LogP contribution >= 0.6 is 34.1 Å². The van der Waals surface area contributed by atoms with Crippen molar-refractivity contribution in [2.45, 2.75) is 168 Å². The molecular weight excluding hydrogens is 1100 g/mol. The third kappa shape index (κ3) is 7.92. The number of halogens is 4. The van der Waals surface area contributed by atoms with Gasteiger partial charge < -0.3 is 0 Å². The van der Waals surface area contributed by atoms with E-state index in [9.17, 15) is 34.1 Å². The Morgan fingerprint density at radius 2 is 0.603 bits per heavy atom. The minimum atomic E-state index is -5.57. The van der Waals surface area contributed by atoms with Crippen molar-refractivity contribution in [3.05, 3.63) is 162 Å². The first-order chi connectivity index (χ1) is 31.8. The van der Waals surface area contributed by atoms with E-state index in [0.717, 1.165) is 33.9 Å². The average molecular weight is 1180 g/mol. The number of fused-ring (bicyclic) bond motifs is 4. The zero-order valence-electron chi connectivity index (χ0n) is 44.0. The fraction of sp³-hybridized carbons (Fsp3) is 0.467. The van der Waals surface area contributed by atoms with E-state index in [1.54, 1.807) is 0 Å². The van der Waals surface area contributed by atoms with Crippen LogP contribution in [0.1, 0.15) is 214 Å². The van der Waals surface area contributed by atoms with E-state index >= 15 is 0 Å². The van der Waals surface area contributed by atoms with Crippen molar-refractivity contribution < 1.29 is 28.1 Å². The number of hydrogen-bond acceptors (Lipinski definition) is 0. The molecule has 4 unspecified atom stereocenters. The second kappa shape index (κ2) is 18.0. The van der Waals surface area contributed by atoms with Crippen molar-refractivity contribution in [3.8, 4) is 0 Å². The Morgan fingerprint density at radius 1 is 0.382 bits per heavy atom. The van der Waals surface area contributed by atoms with Gasteiger partial charge in [0.05, 0.1) is 0 Å². The molecule has 4 aromatic carbocycles. The van der Waals surface area contributed by atoms with Crippen LogP contribution in [-0.2, 0) is 28.1 Å². The molecule has 0 amide bonds. The van der Waals surface area contributed by atoms with Crippen LogP contribution in [0, 0.1) is 0 Å². The van der Waals surface area contributed by atoms with E-state index in [0.29, 0.717) is 23.7 Å². The Bertz CT molecular complexity index is 2490. The molecule has 4 aliphatic rings. The summed E-state index contributed by atoms with van der Waals surface area (Å²) in [6.45, 7) is 31.0. The van der Waals surface area contributed by atoms with Crippen molar-refractivity contribution in [2.24, 2.45) is 0 Å². The third-order valence-electron chi connectivity index (χ3n) is 19.2. The summed E-state index contributed by atoms with van der Waals surface area (Å²) >= 11 is -11.1. The van der Waals surface area contributed by atoms with Gasteiger partial charge in [0.25, 0.3) is 0 Å². The first-order valence-corrected chi connectivity index (χ1v) is 63.1. The van der Waals surface area contributed by atoms with Crippen LogP contribution in [0.4, 0.5) is 0 Å². The molecule has 0 heterocycles. The molecule has 0 saturated carbocycles. The maximum absolute atomic E-state index is 9.29. The van der Waals surface area contributed by atoms with Crippen LogP contribution in [0.2, 0.25) is 21.4 Å². The maximum atomic E-state index is 9.29. The van der Waals surface area contributed by atoms with Gasteiger partial charge in [-0.1, -0.05) is 0 Å². The quantitative estimate of drug-likeness (QED) is 0.0730. The summed E-state index contributed by atoms with van der Waals surface area (Å²) < 4.78 is 2.11. The van der Waals surface area contributed by atoms with Gasteiger partial charge in [0.2, 0.25) is 0 Å². The van der Waals surface area contributed by atoms with Gasteiger partial charge in [-0.05, 0) is 0 Å². The zero-order chi connectivity index (χ0) is 49.6. The van der Waals surface area contributed by atoms with Crippen LogP contribution in [0.5, 0.6) is 0 Å². The summed E-state index contributed by atoms with van der Waals surface area (Å²) in [4.78, 5) is 0. The Hall–Kier alpha value is -0.800. The molecule has 8 heteroatoms. The Morgan fingerprint density at radius 3 is 0.794 bits per heavy atom. The number of hydrogen-bond donors (Lipinski definition) is 0. The minimum absolute atomic E-state index is 0.0690. The molecule has 0 radical (unpaired) electrons. The molecule has 0 aliphatic heterocycles. The van der Waals surface area contributed by atoms with Crippen LogP contribution in [0.15, 0.2) is 95.1 Å². The predicted molar refractivity (Wildman–Crippen MR) is 308 cm³/mol. The van der Waals surface area contributed by atoms with E-state index in [4.69, 9.17) is 0 Å². The number of benzene rings is 4. The normalized spacial score (nSPS) is 22.4. The van der Waals surface area contributed by atoms with Crippen molar-refractivity contribution >= 4 is 71.6 Å². The Labute approximate surface area is 425 Å². The summed E-state index contributed by atoms with van der Waals surface area (Å²) in [6, 6.07) is 28.0. The Balaban J connectivity index is 1.20. The van der Waals surface area contributed by atoms with Crippen molar-refractivity contribution in [3.63, 3.8) is 0 Å². The van der Waals surface area contributed by atoms with Crippen LogP contribution in [0.25, 0.3) is 24.3 Å². The molecule has 68 heavy (non-hydrogen) atoms. The van der Waals surface area contributed by atoms with Crippen molar-refractivity contribution in [1.82, 2.24) is 0 Å². The Kier molecular flexibility index (Phi) is 14.1. The summed E-state index contributed by atoms with van der Waals surface area (Å²) in [5.41, 5.74) is 22.3. The second-order valence-electron chi connectivity index (χ2n) is 24.5. The molecule has 0 N–H and O–H groups in total. The molecule has 8 rings (SSSR count). The monoisotopic (exact) mass is 1180 g/mol. The molecule has 0 spiro atoms. The molecule has 0 bridgehead atoms. The fourth-order valence-electron chi connectivity index (χ4n) is 16.1. The number of unbranched alkanes of at least 4 members (excludes halogenated alkanes) is 3. The van der Waals surface area contributed by atoms with E-state index in [1.807, 2.05) is 0 Å². The van der Waals surface area contributed by atoms with E-state index in [2.05, 4.69) is 193 Å². The van der Waals surface area contributed by atoms with E-state index < -0.39 is 41.4 Å². The van der Waals surface area contributed by atoms with Gasteiger partial charge >= 0.3 is 430 Å². The first-order valence-electron chi connectivity index (χ1n) is 26.6. The van der Waals surface area contributed by atoms with E-state index in [1.165, 1.54) is 89.1 Å². The number of allylic oxidation sites excluding steroid dienone is 4. The molecule has 0 saturated heterocycles.